The Labute approximate surface area is 134 Å². The molecular formula is C19H31NO2. The molecule has 124 valence electrons. The third-order valence-electron chi connectivity index (χ3n) is 4.94. The number of nitrogens with two attached hydrogens (primary N) is 1. The maximum atomic E-state index is 10.8. The van der Waals surface area contributed by atoms with Gasteiger partial charge in [0.1, 0.15) is 0 Å². The summed E-state index contributed by atoms with van der Waals surface area (Å²) in [6.45, 7) is 0.491. The largest absolute Gasteiger partial charge is 0.390 e. The van der Waals surface area contributed by atoms with Gasteiger partial charge in [-0.1, -0.05) is 56.4 Å². The van der Waals surface area contributed by atoms with Crippen LogP contribution in [-0.2, 0) is 6.42 Å². The van der Waals surface area contributed by atoms with Gasteiger partial charge in [-0.3, -0.25) is 0 Å². The first-order valence-electron chi connectivity index (χ1n) is 8.82. The van der Waals surface area contributed by atoms with E-state index < -0.39 is 11.7 Å². The quantitative estimate of drug-likeness (QED) is 0.754. The lowest BCUT2D eigenvalue weighted by atomic mass is 9.83. The number of aliphatic hydroxyl groups excluding tert-OH is 1. The monoisotopic (exact) mass is 305 g/mol. The van der Waals surface area contributed by atoms with Crippen LogP contribution >= 0.6 is 0 Å². The van der Waals surface area contributed by atoms with E-state index in [-0.39, 0.29) is 0 Å². The third-order valence-corrected chi connectivity index (χ3v) is 4.94. The van der Waals surface area contributed by atoms with Crippen molar-refractivity contribution in [1.29, 1.82) is 0 Å². The van der Waals surface area contributed by atoms with Gasteiger partial charge in [-0.2, -0.15) is 0 Å². The highest BCUT2D eigenvalue weighted by Gasteiger charge is 2.26. The Kier molecular flexibility index (Phi) is 6.87. The molecule has 3 nitrogen and oxygen atoms in total. The fourth-order valence-electron chi connectivity index (χ4n) is 3.47. The lowest BCUT2D eigenvalue weighted by Crippen LogP contribution is -2.30. The van der Waals surface area contributed by atoms with Gasteiger partial charge in [0.15, 0.2) is 0 Å². The first-order chi connectivity index (χ1) is 10.6. The van der Waals surface area contributed by atoms with Crippen molar-refractivity contribution in [1.82, 2.24) is 0 Å². The Morgan fingerprint density at radius 1 is 1.09 bits per heavy atom. The van der Waals surface area contributed by atoms with E-state index in [9.17, 15) is 10.2 Å². The Morgan fingerprint density at radius 2 is 1.77 bits per heavy atom. The lowest BCUT2D eigenvalue weighted by Gasteiger charge is -2.30. The summed E-state index contributed by atoms with van der Waals surface area (Å²) in [7, 11) is 0. The lowest BCUT2D eigenvalue weighted by molar-refractivity contribution is 0.00628. The van der Waals surface area contributed by atoms with Crippen molar-refractivity contribution in [2.24, 2.45) is 5.73 Å². The number of hydrogen-bond acceptors (Lipinski definition) is 3. The van der Waals surface area contributed by atoms with Crippen LogP contribution < -0.4 is 5.73 Å². The molecule has 0 radical (unpaired) electrons. The van der Waals surface area contributed by atoms with Gasteiger partial charge in [-0.05, 0) is 49.8 Å². The molecule has 1 aliphatic rings. The highest BCUT2D eigenvalue weighted by Crippen LogP contribution is 2.30. The molecule has 0 saturated heterocycles. The molecule has 1 aromatic rings. The predicted molar refractivity (Wildman–Crippen MR) is 90.7 cm³/mol. The van der Waals surface area contributed by atoms with Crippen LogP contribution in [0.3, 0.4) is 0 Å². The number of benzene rings is 1. The maximum absolute atomic E-state index is 10.8. The Morgan fingerprint density at radius 3 is 2.45 bits per heavy atom. The summed E-state index contributed by atoms with van der Waals surface area (Å²) in [5.74, 6) is 0. The summed E-state index contributed by atoms with van der Waals surface area (Å²) in [5, 5.41) is 20.9. The molecule has 0 aromatic heterocycles. The molecule has 0 spiro atoms. The summed E-state index contributed by atoms with van der Waals surface area (Å²) in [5.41, 5.74) is 7.15. The van der Waals surface area contributed by atoms with E-state index in [1.54, 1.807) is 0 Å². The van der Waals surface area contributed by atoms with E-state index in [0.717, 1.165) is 44.1 Å². The molecule has 0 heterocycles. The van der Waals surface area contributed by atoms with Gasteiger partial charge in [0.2, 0.25) is 0 Å². The van der Waals surface area contributed by atoms with Crippen molar-refractivity contribution in [2.45, 2.75) is 75.9 Å². The minimum absolute atomic E-state index is 0.477. The van der Waals surface area contributed by atoms with E-state index in [1.165, 1.54) is 24.8 Å². The SMILES string of the molecule is NCCC(O)c1cccc(CCC2(O)CCCCCCC2)c1. The van der Waals surface area contributed by atoms with Gasteiger partial charge in [-0.15, -0.1) is 0 Å². The van der Waals surface area contributed by atoms with Crippen LogP contribution in [0.15, 0.2) is 24.3 Å². The van der Waals surface area contributed by atoms with E-state index in [4.69, 9.17) is 5.73 Å². The van der Waals surface area contributed by atoms with E-state index in [1.807, 2.05) is 12.1 Å². The smallest absolute Gasteiger partial charge is 0.0802 e. The van der Waals surface area contributed by atoms with Crippen molar-refractivity contribution in [3.63, 3.8) is 0 Å². The normalized spacial score (nSPS) is 20.1. The van der Waals surface area contributed by atoms with Crippen LogP contribution in [0.25, 0.3) is 0 Å². The fraction of sp³-hybridized carbons (Fsp3) is 0.684. The second-order valence-corrected chi connectivity index (χ2v) is 6.83. The molecule has 1 atom stereocenters. The van der Waals surface area contributed by atoms with Crippen molar-refractivity contribution in [3.05, 3.63) is 35.4 Å². The number of aliphatic hydroxyl groups is 2. The second-order valence-electron chi connectivity index (χ2n) is 6.83. The topological polar surface area (TPSA) is 66.5 Å². The van der Waals surface area contributed by atoms with Gasteiger partial charge in [0.05, 0.1) is 11.7 Å². The van der Waals surface area contributed by atoms with E-state index >= 15 is 0 Å². The van der Waals surface area contributed by atoms with Crippen LogP contribution in [0.1, 0.15) is 75.0 Å². The van der Waals surface area contributed by atoms with Crippen LogP contribution in [0, 0.1) is 0 Å². The Hall–Kier alpha value is -0.900. The maximum Gasteiger partial charge on any atom is 0.0802 e. The van der Waals surface area contributed by atoms with Gasteiger partial charge >= 0.3 is 0 Å². The standard InChI is InChI=1S/C19H31NO2/c20-14-10-18(21)17-8-6-7-16(15-17)9-13-19(22)11-4-2-1-3-5-12-19/h6-8,15,18,21-22H,1-5,9-14,20H2. The van der Waals surface area contributed by atoms with Crippen molar-refractivity contribution < 1.29 is 10.2 Å². The summed E-state index contributed by atoms with van der Waals surface area (Å²) < 4.78 is 0. The first-order valence-corrected chi connectivity index (χ1v) is 8.82. The molecule has 1 aromatic carbocycles. The average Bonchev–Trinajstić information content (AvgIpc) is 2.50. The summed E-state index contributed by atoms with van der Waals surface area (Å²) >= 11 is 0. The Balaban J connectivity index is 1.93. The molecule has 3 heteroatoms. The van der Waals surface area contributed by atoms with Crippen LogP contribution in [0.2, 0.25) is 0 Å². The zero-order valence-corrected chi connectivity index (χ0v) is 13.6. The zero-order chi connectivity index (χ0) is 15.8. The number of hydrogen-bond donors (Lipinski definition) is 3. The summed E-state index contributed by atoms with van der Waals surface area (Å²) in [6.07, 6.45) is 9.79. The predicted octanol–water partition coefficient (Wildman–Crippen LogP) is 3.48. The van der Waals surface area contributed by atoms with Crippen molar-refractivity contribution in [3.8, 4) is 0 Å². The van der Waals surface area contributed by atoms with E-state index in [0.29, 0.717) is 13.0 Å². The zero-order valence-electron chi connectivity index (χ0n) is 13.6. The van der Waals surface area contributed by atoms with Gasteiger partial charge < -0.3 is 15.9 Å². The fourth-order valence-corrected chi connectivity index (χ4v) is 3.47. The molecule has 22 heavy (non-hydrogen) atoms. The van der Waals surface area contributed by atoms with Gasteiger partial charge in [0.25, 0.3) is 0 Å². The number of aryl methyl sites for hydroxylation is 1. The Bertz CT molecular complexity index is 439. The summed E-state index contributed by atoms with van der Waals surface area (Å²) in [6, 6.07) is 8.10. The van der Waals surface area contributed by atoms with Crippen molar-refractivity contribution >= 4 is 0 Å². The average molecular weight is 305 g/mol. The highest BCUT2D eigenvalue weighted by molar-refractivity contribution is 5.25. The van der Waals surface area contributed by atoms with Crippen molar-refractivity contribution in [2.75, 3.05) is 6.54 Å². The molecule has 1 aliphatic carbocycles. The van der Waals surface area contributed by atoms with E-state index in [2.05, 4.69) is 12.1 Å². The molecule has 1 saturated carbocycles. The molecule has 1 unspecified atom stereocenters. The van der Waals surface area contributed by atoms with Crippen LogP contribution in [0.5, 0.6) is 0 Å². The minimum atomic E-state index is -0.494. The molecule has 4 N–H and O–H groups in total. The molecule has 0 bridgehead atoms. The minimum Gasteiger partial charge on any atom is -0.390 e. The highest BCUT2D eigenvalue weighted by atomic mass is 16.3. The van der Waals surface area contributed by atoms with Gasteiger partial charge in [0, 0.05) is 0 Å². The third kappa shape index (κ3) is 5.38. The van der Waals surface area contributed by atoms with Gasteiger partial charge in [-0.25, -0.2) is 0 Å². The van der Waals surface area contributed by atoms with Crippen LogP contribution in [0.4, 0.5) is 0 Å². The molecule has 0 amide bonds. The molecule has 2 rings (SSSR count). The molecular weight excluding hydrogens is 274 g/mol. The summed E-state index contributed by atoms with van der Waals surface area (Å²) in [4.78, 5) is 0. The van der Waals surface area contributed by atoms with Crippen LogP contribution in [-0.4, -0.2) is 22.4 Å². The first kappa shape index (κ1) is 17.5. The molecule has 0 aliphatic heterocycles. The molecule has 1 fully saturated rings. The number of rotatable bonds is 6. The second kappa shape index (κ2) is 8.66.